The molecule has 0 heterocycles. The third-order valence-corrected chi connectivity index (χ3v) is 8.92. The van der Waals surface area contributed by atoms with Crippen molar-refractivity contribution in [2.24, 2.45) is 28.6 Å². The van der Waals surface area contributed by atoms with Gasteiger partial charge in [-0.15, -0.1) is 0 Å². The molecule has 4 rings (SSSR count). The quantitative estimate of drug-likeness (QED) is 0.333. The molecular formula is C20H32O6. The van der Waals surface area contributed by atoms with Crippen molar-refractivity contribution in [2.75, 3.05) is 0 Å². The largest absolute Gasteiger partial charge is 0.390 e. The smallest absolute Gasteiger partial charge is 0.107 e. The fourth-order valence-electron chi connectivity index (χ4n) is 7.27. The minimum Gasteiger partial charge on any atom is -0.390 e. The molecule has 4 aliphatic carbocycles. The Morgan fingerprint density at radius 1 is 1.04 bits per heavy atom. The van der Waals surface area contributed by atoms with E-state index in [2.05, 4.69) is 6.58 Å². The van der Waals surface area contributed by atoms with Gasteiger partial charge in [0.2, 0.25) is 0 Å². The van der Waals surface area contributed by atoms with Gasteiger partial charge in [0.1, 0.15) is 5.60 Å². The van der Waals surface area contributed by atoms with Crippen molar-refractivity contribution in [3.8, 4) is 0 Å². The molecular weight excluding hydrogens is 336 g/mol. The van der Waals surface area contributed by atoms with Gasteiger partial charge in [-0.2, -0.15) is 0 Å². The van der Waals surface area contributed by atoms with E-state index in [-0.39, 0.29) is 18.3 Å². The first-order valence-corrected chi connectivity index (χ1v) is 9.71. The lowest BCUT2D eigenvalue weighted by Crippen LogP contribution is -2.58. The Bertz CT molecular complexity index is 648. The van der Waals surface area contributed by atoms with Gasteiger partial charge in [0.05, 0.1) is 30.0 Å². The second-order valence-electron chi connectivity index (χ2n) is 10.1. The molecule has 6 N–H and O–H groups in total. The number of fused-ring (bicyclic) bond motifs is 2. The Kier molecular flexibility index (Phi) is 3.70. The Balaban J connectivity index is 1.88. The minimum atomic E-state index is -1.75. The Labute approximate surface area is 154 Å². The molecule has 148 valence electrons. The van der Waals surface area contributed by atoms with E-state index in [1.165, 1.54) is 0 Å². The summed E-state index contributed by atoms with van der Waals surface area (Å²) in [6.07, 6.45) is -3.03. The first kappa shape index (κ1) is 18.8. The van der Waals surface area contributed by atoms with Crippen molar-refractivity contribution in [1.29, 1.82) is 0 Å². The summed E-state index contributed by atoms with van der Waals surface area (Å²) in [5.74, 6) is -1.23. The fraction of sp³-hybridized carbons (Fsp3) is 0.900. The van der Waals surface area contributed by atoms with E-state index in [0.29, 0.717) is 24.8 Å². The summed E-state index contributed by atoms with van der Waals surface area (Å²) in [5, 5.41) is 66.1. The van der Waals surface area contributed by atoms with Crippen LogP contribution in [0.2, 0.25) is 0 Å². The maximum absolute atomic E-state index is 11.6. The SMILES string of the molecule is C=C1[C@@H]2[C@H](O)[C@H](O)C(C)(C)[C@@]2(O)[C@H](O)C[C@]23C[C@H](C)[C@](O)(CC[C@@H]12)[C@@H]3O. The second-order valence-corrected chi connectivity index (χ2v) is 10.1. The Morgan fingerprint density at radius 2 is 1.65 bits per heavy atom. The molecule has 1 spiro atoms. The van der Waals surface area contributed by atoms with Gasteiger partial charge in [0.15, 0.2) is 0 Å². The molecule has 4 saturated carbocycles. The summed E-state index contributed by atoms with van der Waals surface area (Å²) in [7, 11) is 0. The van der Waals surface area contributed by atoms with E-state index < -0.39 is 52.4 Å². The highest BCUT2D eigenvalue weighted by molar-refractivity contribution is 5.34. The molecule has 0 amide bonds. The van der Waals surface area contributed by atoms with E-state index in [1.54, 1.807) is 13.8 Å². The molecule has 0 aromatic heterocycles. The average Bonchev–Trinajstić information content (AvgIpc) is 2.73. The van der Waals surface area contributed by atoms with Crippen molar-refractivity contribution >= 4 is 0 Å². The molecule has 0 aromatic carbocycles. The molecule has 10 atom stereocenters. The van der Waals surface area contributed by atoms with E-state index in [1.807, 2.05) is 6.92 Å². The van der Waals surface area contributed by atoms with E-state index in [9.17, 15) is 30.6 Å². The van der Waals surface area contributed by atoms with Gasteiger partial charge in [0.25, 0.3) is 0 Å². The standard InChI is InChI=1S/C20H32O6/c1-9-7-18-8-12(21)20(26)13(14(22)15(23)17(20,3)4)10(2)11(18)5-6-19(9,25)16(18)24/h9,11-16,21-26H,2,5-8H2,1,3-4H3/t9-,11-,12+,13+,14-,15-,16+,18+,19+,20+/m0/s1. The summed E-state index contributed by atoms with van der Waals surface area (Å²) >= 11 is 0. The average molecular weight is 368 g/mol. The second kappa shape index (κ2) is 5.10. The van der Waals surface area contributed by atoms with Gasteiger partial charge in [0, 0.05) is 16.7 Å². The number of aliphatic hydroxyl groups excluding tert-OH is 4. The van der Waals surface area contributed by atoms with Crippen LogP contribution in [0, 0.1) is 28.6 Å². The summed E-state index contributed by atoms with van der Waals surface area (Å²) in [6, 6.07) is 0. The Hall–Kier alpha value is -0.500. The summed E-state index contributed by atoms with van der Waals surface area (Å²) in [5.41, 5.74) is -4.28. The highest BCUT2D eigenvalue weighted by Gasteiger charge is 2.74. The molecule has 0 saturated heterocycles. The highest BCUT2D eigenvalue weighted by Crippen LogP contribution is 2.68. The van der Waals surface area contributed by atoms with E-state index in [0.717, 1.165) is 0 Å². The lowest BCUT2D eigenvalue weighted by atomic mass is 9.60. The minimum absolute atomic E-state index is 0.111. The van der Waals surface area contributed by atoms with Crippen LogP contribution >= 0.6 is 0 Å². The lowest BCUT2D eigenvalue weighted by molar-refractivity contribution is -0.183. The van der Waals surface area contributed by atoms with Crippen LogP contribution in [-0.4, -0.2) is 66.3 Å². The Morgan fingerprint density at radius 3 is 2.27 bits per heavy atom. The van der Waals surface area contributed by atoms with Crippen LogP contribution in [0.3, 0.4) is 0 Å². The van der Waals surface area contributed by atoms with Crippen molar-refractivity contribution in [1.82, 2.24) is 0 Å². The lowest BCUT2D eigenvalue weighted by Gasteiger charge is -2.48. The third kappa shape index (κ3) is 1.75. The van der Waals surface area contributed by atoms with Crippen molar-refractivity contribution < 1.29 is 30.6 Å². The molecule has 0 aliphatic heterocycles. The topological polar surface area (TPSA) is 121 Å². The monoisotopic (exact) mass is 368 g/mol. The maximum atomic E-state index is 11.6. The summed E-state index contributed by atoms with van der Waals surface area (Å²) < 4.78 is 0. The fourth-order valence-corrected chi connectivity index (χ4v) is 7.27. The van der Waals surface area contributed by atoms with Crippen molar-refractivity contribution in [2.45, 2.75) is 82.1 Å². The van der Waals surface area contributed by atoms with Crippen LogP contribution in [0.25, 0.3) is 0 Å². The van der Waals surface area contributed by atoms with Crippen LogP contribution < -0.4 is 0 Å². The van der Waals surface area contributed by atoms with Crippen LogP contribution in [0.5, 0.6) is 0 Å². The molecule has 6 heteroatoms. The number of aliphatic hydroxyl groups is 6. The highest BCUT2D eigenvalue weighted by atomic mass is 16.4. The third-order valence-electron chi connectivity index (χ3n) is 8.92. The predicted octanol–water partition coefficient (Wildman–Crippen LogP) is -0.0557. The molecule has 0 radical (unpaired) electrons. The number of rotatable bonds is 0. The van der Waals surface area contributed by atoms with Gasteiger partial charge < -0.3 is 30.6 Å². The maximum Gasteiger partial charge on any atom is 0.107 e. The van der Waals surface area contributed by atoms with Gasteiger partial charge in [-0.3, -0.25) is 0 Å². The van der Waals surface area contributed by atoms with E-state index in [4.69, 9.17) is 0 Å². The van der Waals surface area contributed by atoms with Gasteiger partial charge in [-0.25, -0.2) is 0 Å². The first-order valence-electron chi connectivity index (χ1n) is 9.71. The molecule has 2 bridgehead atoms. The number of hydrogen-bond donors (Lipinski definition) is 6. The zero-order chi connectivity index (χ0) is 19.4. The van der Waals surface area contributed by atoms with Crippen LogP contribution in [0.15, 0.2) is 12.2 Å². The molecule has 26 heavy (non-hydrogen) atoms. The molecule has 4 aliphatic rings. The zero-order valence-corrected chi connectivity index (χ0v) is 15.8. The first-order chi connectivity index (χ1) is 11.9. The van der Waals surface area contributed by atoms with Gasteiger partial charge in [-0.05, 0) is 37.5 Å². The molecule has 6 nitrogen and oxygen atoms in total. The molecule has 4 fully saturated rings. The van der Waals surface area contributed by atoms with Crippen molar-refractivity contribution in [3.05, 3.63) is 12.2 Å². The summed E-state index contributed by atoms with van der Waals surface area (Å²) in [4.78, 5) is 0. The summed E-state index contributed by atoms with van der Waals surface area (Å²) in [6.45, 7) is 9.40. The normalized spacial score (nSPS) is 61.1. The number of hydrogen-bond acceptors (Lipinski definition) is 6. The van der Waals surface area contributed by atoms with Gasteiger partial charge in [-0.1, -0.05) is 32.9 Å². The van der Waals surface area contributed by atoms with Gasteiger partial charge >= 0.3 is 0 Å². The van der Waals surface area contributed by atoms with Crippen LogP contribution in [-0.2, 0) is 0 Å². The van der Waals surface area contributed by atoms with Crippen LogP contribution in [0.4, 0.5) is 0 Å². The van der Waals surface area contributed by atoms with Crippen molar-refractivity contribution in [3.63, 3.8) is 0 Å². The zero-order valence-electron chi connectivity index (χ0n) is 15.8. The molecule has 0 unspecified atom stereocenters. The van der Waals surface area contributed by atoms with Crippen LogP contribution in [0.1, 0.15) is 46.5 Å². The molecule has 0 aromatic rings. The predicted molar refractivity (Wildman–Crippen MR) is 93.9 cm³/mol. The van der Waals surface area contributed by atoms with E-state index >= 15 is 0 Å².